The second-order valence-electron chi connectivity index (χ2n) is 14.2. The van der Waals surface area contributed by atoms with Gasteiger partial charge < -0.3 is 9.80 Å². The zero-order valence-corrected chi connectivity index (χ0v) is 29.8. The molecular formula is C40H80N2. The maximum Gasteiger partial charge on any atom is 0.101 e. The zero-order valence-electron chi connectivity index (χ0n) is 29.8. The molecule has 1 aliphatic rings. The molecule has 1 unspecified atom stereocenters. The number of unbranched alkanes of at least 4 members (excludes halogenated alkanes) is 28. The smallest absolute Gasteiger partial charge is 0.101 e. The van der Waals surface area contributed by atoms with Crippen LogP contribution in [0.5, 0.6) is 0 Å². The van der Waals surface area contributed by atoms with Gasteiger partial charge >= 0.3 is 0 Å². The summed E-state index contributed by atoms with van der Waals surface area (Å²) in [4.78, 5) is 5.29. The molecule has 0 aromatic heterocycles. The van der Waals surface area contributed by atoms with Crippen LogP contribution in [0.4, 0.5) is 0 Å². The molecule has 2 nitrogen and oxygen atoms in total. The Bertz CT molecular complexity index is 556. The van der Waals surface area contributed by atoms with Gasteiger partial charge in [0.15, 0.2) is 0 Å². The van der Waals surface area contributed by atoms with Gasteiger partial charge in [0.25, 0.3) is 0 Å². The summed E-state index contributed by atoms with van der Waals surface area (Å²) in [6.45, 7) is 10.6. The van der Waals surface area contributed by atoms with E-state index in [1.807, 2.05) is 0 Å². The van der Waals surface area contributed by atoms with Crippen LogP contribution in [0.2, 0.25) is 0 Å². The molecule has 1 aliphatic heterocycles. The van der Waals surface area contributed by atoms with Gasteiger partial charge in [-0.15, -0.1) is 0 Å². The van der Waals surface area contributed by atoms with Crippen molar-refractivity contribution in [1.82, 2.24) is 9.80 Å². The van der Waals surface area contributed by atoms with E-state index in [0.29, 0.717) is 12.2 Å². The third-order valence-electron chi connectivity index (χ3n) is 9.84. The van der Waals surface area contributed by atoms with Gasteiger partial charge in [-0.3, -0.25) is 0 Å². The molecule has 0 radical (unpaired) electrons. The molecule has 1 rings (SSSR count). The van der Waals surface area contributed by atoms with Crippen molar-refractivity contribution in [2.45, 2.75) is 239 Å². The Balaban J connectivity index is 1.97. The maximum atomic E-state index is 2.67. The Morgan fingerprint density at radius 1 is 0.405 bits per heavy atom. The van der Waals surface area contributed by atoms with Gasteiger partial charge in [0.1, 0.15) is 6.17 Å². The highest BCUT2D eigenvalue weighted by Crippen LogP contribution is 2.25. The van der Waals surface area contributed by atoms with Crippen LogP contribution in [0, 0.1) is 0 Å². The topological polar surface area (TPSA) is 6.48 Å². The largest absolute Gasteiger partial charge is 0.356 e. The van der Waals surface area contributed by atoms with E-state index in [1.54, 1.807) is 0 Å². The summed E-state index contributed by atoms with van der Waals surface area (Å²) < 4.78 is 0. The fourth-order valence-electron chi connectivity index (χ4n) is 6.95. The van der Waals surface area contributed by atoms with E-state index in [9.17, 15) is 0 Å². The Labute approximate surface area is 267 Å². The number of hydrogen-bond acceptors (Lipinski definition) is 2. The summed E-state index contributed by atoms with van der Waals surface area (Å²) in [5.74, 6) is 0. The summed E-state index contributed by atoms with van der Waals surface area (Å²) in [6.07, 6.45) is 50.2. The van der Waals surface area contributed by atoms with Gasteiger partial charge in [0.2, 0.25) is 0 Å². The average Bonchev–Trinajstić information content (AvgIpc) is 3.40. The van der Waals surface area contributed by atoms with Crippen molar-refractivity contribution in [2.24, 2.45) is 0 Å². The molecule has 0 aliphatic carbocycles. The predicted octanol–water partition coefficient (Wildman–Crippen LogP) is 13.9. The molecule has 0 aromatic rings. The molecule has 2 heteroatoms. The van der Waals surface area contributed by atoms with E-state index < -0.39 is 0 Å². The fraction of sp³-hybridized carbons (Fsp3) is 0.950. The van der Waals surface area contributed by atoms with Crippen LogP contribution in [0.1, 0.15) is 227 Å². The van der Waals surface area contributed by atoms with Crippen molar-refractivity contribution >= 4 is 0 Å². The van der Waals surface area contributed by atoms with Crippen molar-refractivity contribution < 1.29 is 0 Å². The summed E-state index contributed by atoms with van der Waals surface area (Å²) in [7, 11) is 0. The van der Waals surface area contributed by atoms with E-state index >= 15 is 0 Å². The monoisotopic (exact) mass is 589 g/mol. The van der Waals surface area contributed by atoms with Gasteiger partial charge in [-0.25, -0.2) is 0 Å². The SMILES string of the molecule is CCCCCCCCCCCCCCCCCCN1C=CN(C(C)C)C1CCCCCCCCCCCCCCCC. The van der Waals surface area contributed by atoms with Gasteiger partial charge in [0, 0.05) is 25.0 Å². The highest BCUT2D eigenvalue weighted by molar-refractivity contribution is 4.98. The van der Waals surface area contributed by atoms with Crippen LogP contribution >= 0.6 is 0 Å². The molecular weight excluding hydrogens is 508 g/mol. The van der Waals surface area contributed by atoms with Crippen molar-refractivity contribution in [2.75, 3.05) is 6.54 Å². The second-order valence-corrected chi connectivity index (χ2v) is 14.2. The molecule has 250 valence electrons. The van der Waals surface area contributed by atoms with E-state index in [4.69, 9.17) is 0 Å². The number of rotatable bonds is 33. The molecule has 0 saturated heterocycles. The highest BCUT2D eigenvalue weighted by atomic mass is 15.4. The molecule has 0 N–H and O–H groups in total. The first-order valence-electron chi connectivity index (χ1n) is 19.9. The van der Waals surface area contributed by atoms with Crippen molar-refractivity contribution in [1.29, 1.82) is 0 Å². The minimum atomic E-state index is 0.605. The van der Waals surface area contributed by atoms with Crippen LogP contribution in [0.15, 0.2) is 12.4 Å². The van der Waals surface area contributed by atoms with Gasteiger partial charge in [0.05, 0.1) is 0 Å². The molecule has 0 bridgehead atoms. The predicted molar refractivity (Wildman–Crippen MR) is 191 cm³/mol. The lowest BCUT2D eigenvalue weighted by Gasteiger charge is -2.35. The minimum absolute atomic E-state index is 0.605. The standard InChI is InChI=1S/C40H80N2/c1-5-7-9-11-13-15-17-19-21-22-24-26-28-30-32-34-36-41-37-38-42(39(3)4)40(41)35-33-31-29-27-25-23-20-18-16-14-12-10-8-6-2/h37-40H,5-36H2,1-4H3. The normalized spacial score (nSPS) is 15.1. The van der Waals surface area contributed by atoms with E-state index in [-0.39, 0.29) is 0 Å². The Hall–Kier alpha value is -0.660. The average molecular weight is 589 g/mol. The van der Waals surface area contributed by atoms with Crippen molar-refractivity contribution in [3.05, 3.63) is 12.4 Å². The fourth-order valence-corrected chi connectivity index (χ4v) is 6.95. The maximum absolute atomic E-state index is 2.67. The Kier molecular flexibility index (Phi) is 28.5. The first-order chi connectivity index (χ1) is 20.7. The summed E-state index contributed by atoms with van der Waals surface area (Å²) in [6, 6.07) is 0.605. The van der Waals surface area contributed by atoms with Gasteiger partial charge in [-0.1, -0.05) is 194 Å². The van der Waals surface area contributed by atoms with Crippen molar-refractivity contribution in [3.8, 4) is 0 Å². The zero-order chi connectivity index (χ0) is 30.4. The van der Waals surface area contributed by atoms with Crippen molar-refractivity contribution in [3.63, 3.8) is 0 Å². The van der Waals surface area contributed by atoms with E-state index in [2.05, 4.69) is 49.9 Å². The highest BCUT2D eigenvalue weighted by Gasteiger charge is 2.26. The van der Waals surface area contributed by atoms with E-state index in [1.165, 1.54) is 206 Å². The summed E-state index contributed by atoms with van der Waals surface area (Å²) in [5.41, 5.74) is 0. The molecule has 0 saturated carbocycles. The Morgan fingerprint density at radius 3 is 1.05 bits per heavy atom. The summed E-state index contributed by atoms with van der Waals surface area (Å²) >= 11 is 0. The lowest BCUT2D eigenvalue weighted by Crippen LogP contribution is -2.42. The van der Waals surface area contributed by atoms with Gasteiger partial charge in [-0.2, -0.15) is 0 Å². The number of nitrogens with zero attached hydrogens (tertiary/aromatic N) is 2. The molecule has 1 atom stereocenters. The van der Waals surface area contributed by atoms with Crippen LogP contribution in [0.3, 0.4) is 0 Å². The second kappa shape index (κ2) is 30.4. The lowest BCUT2D eigenvalue weighted by atomic mass is 10.0. The molecule has 0 spiro atoms. The summed E-state index contributed by atoms with van der Waals surface area (Å²) in [5, 5.41) is 0. The van der Waals surface area contributed by atoms with Crippen LogP contribution in [0.25, 0.3) is 0 Å². The van der Waals surface area contributed by atoms with Crippen LogP contribution in [-0.4, -0.2) is 28.6 Å². The minimum Gasteiger partial charge on any atom is -0.356 e. The Morgan fingerprint density at radius 2 is 0.714 bits per heavy atom. The van der Waals surface area contributed by atoms with Gasteiger partial charge in [-0.05, 0) is 33.1 Å². The van der Waals surface area contributed by atoms with E-state index in [0.717, 1.165) is 0 Å². The first-order valence-corrected chi connectivity index (χ1v) is 19.9. The molecule has 0 aromatic carbocycles. The van der Waals surface area contributed by atoms with Crippen LogP contribution < -0.4 is 0 Å². The lowest BCUT2D eigenvalue weighted by molar-refractivity contribution is 0.114. The molecule has 0 fully saturated rings. The first kappa shape index (κ1) is 39.4. The molecule has 1 heterocycles. The number of hydrogen-bond donors (Lipinski definition) is 0. The molecule has 0 amide bonds. The quantitative estimate of drug-likeness (QED) is 0.0703. The van der Waals surface area contributed by atoms with Crippen LogP contribution in [-0.2, 0) is 0 Å². The molecule has 42 heavy (non-hydrogen) atoms. The third-order valence-corrected chi connectivity index (χ3v) is 9.84. The third kappa shape index (κ3) is 22.8.